The molecular weight excluding hydrogens is 346 g/mol. The summed E-state index contributed by atoms with van der Waals surface area (Å²) in [6.45, 7) is 3.83. The van der Waals surface area contributed by atoms with Crippen LogP contribution in [-0.4, -0.2) is 30.4 Å². The molecule has 0 saturated carbocycles. The normalized spacial score (nSPS) is 18.1. The van der Waals surface area contributed by atoms with Crippen LogP contribution in [0.3, 0.4) is 0 Å². The van der Waals surface area contributed by atoms with Crippen LogP contribution in [0.2, 0.25) is 0 Å². The van der Waals surface area contributed by atoms with E-state index in [2.05, 4.69) is 39.8 Å². The molecule has 2 aromatic carbocycles. The number of anilines is 2. The van der Waals surface area contributed by atoms with Gasteiger partial charge in [0, 0.05) is 23.1 Å². The lowest BCUT2D eigenvalue weighted by Gasteiger charge is -2.26. The van der Waals surface area contributed by atoms with Crippen molar-refractivity contribution < 1.29 is 4.79 Å². The first-order chi connectivity index (χ1) is 13.8. The van der Waals surface area contributed by atoms with Gasteiger partial charge in [-0.1, -0.05) is 36.8 Å². The number of rotatable bonds is 7. The van der Waals surface area contributed by atoms with E-state index in [0.717, 1.165) is 23.4 Å². The van der Waals surface area contributed by atoms with Crippen LogP contribution in [-0.2, 0) is 11.2 Å². The molecule has 146 valence electrons. The van der Waals surface area contributed by atoms with Gasteiger partial charge in [-0.25, -0.2) is 0 Å². The number of benzene rings is 2. The summed E-state index contributed by atoms with van der Waals surface area (Å²) in [6, 6.07) is 16.3. The Morgan fingerprint density at radius 3 is 2.57 bits per heavy atom. The second-order valence-electron chi connectivity index (χ2n) is 7.76. The summed E-state index contributed by atoms with van der Waals surface area (Å²) in [5.41, 5.74) is 4.88. The van der Waals surface area contributed by atoms with Gasteiger partial charge >= 0.3 is 0 Å². The summed E-state index contributed by atoms with van der Waals surface area (Å²) in [5.74, 6) is -0.0565. The zero-order valence-corrected chi connectivity index (χ0v) is 16.4. The molecule has 4 rings (SSSR count). The summed E-state index contributed by atoms with van der Waals surface area (Å²) in [7, 11) is 0. The Kier molecular flexibility index (Phi) is 6.07. The third-order valence-electron chi connectivity index (χ3n) is 5.69. The maximum atomic E-state index is 12.1. The smallest absolute Gasteiger partial charge is 0.257 e. The van der Waals surface area contributed by atoms with Crippen molar-refractivity contribution in [2.45, 2.75) is 38.5 Å². The van der Waals surface area contributed by atoms with E-state index >= 15 is 0 Å². The Labute approximate surface area is 167 Å². The molecule has 1 amide bonds. The molecule has 4 heteroatoms. The third-order valence-corrected chi connectivity index (χ3v) is 5.69. The van der Waals surface area contributed by atoms with Gasteiger partial charge in [-0.3, -0.25) is 4.79 Å². The highest BCUT2D eigenvalue weighted by Crippen LogP contribution is 2.31. The molecule has 2 aromatic rings. The van der Waals surface area contributed by atoms with Gasteiger partial charge in [0.1, 0.15) is 0 Å². The van der Waals surface area contributed by atoms with Crippen LogP contribution in [0.5, 0.6) is 0 Å². The van der Waals surface area contributed by atoms with Crippen LogP contribution in [0.15, 0.2) is 54.7 Å². The Hall–Kier alpha value is -2.59. The summed E-state index contributed by atoms with van der Waals surface area (Å²) >= 11 is 0. The van der Waals surface area contributed by atoms with E-state index in [1.54, 1.807) is 6.20 Å². The van der Waals surface area contributed by atoms with Crippen molar-refractivity contribution in [1.29, 1.82) is 0 Å². The summed E-state index contributed by atoms with van der Waals surface area (Å²) < 4.78 is 0. The summed E-state index contributed by atoms with van der Waals surface area (Å²) in [6.07, 6.45) is 9.60. The van der Waals surface area contributed by atoms with Crippen LogP contribution >= 0.6 is 0 Å². The average molecular weight is 376 g/mol. The van der Waals surface area contributed by atoms with Gasteiger partial charge in [0.05, 0.1) is 5.57 Å². The number of likely N-dealkylation sites (tertiary alicyclic amines) is 1. The lowest BCUT2D eigenvalue weighted by atomic mass is 10.1. The molecule has 0 unspecified atom stereocenters. The highest BCUT2D eigenvalue weighted by atomic mass is 16.2. The molecule has 2 aliphatic rings. The number of piperidine rings is 1. The summed E-state index contributed by atoms with van der Waals surface area (Å²) in [5, 5.41) is 6.16. The summed E-state index contributed by atoms with van der Waals surface area (Å²) in [4.78, 5) is 14.8. The maximum absolute atomic E-state index is 12.1. The van der Waals surface area contributed by atoms with Crippen molar-refractivity contribution in [3.05, 3.63) is 65.9 Å². The first kappa shape index (κ1) is 18.8. The number of hydrogen-bond acceptors (Lipinski definition) is 3. The Morgan fingerprint density at radius 1 is 0.964 bits per heavy atom. The predicted octanol–water partition coefficient (Wildman–Crippen LogP) is 4.90. The molecule has 4 nitrogen and oxygen atoms in total. The Bertz CT molecular complexity index is 835. The maximum Gasteiger partial charge on any atom is 0.257 e. The Balaban J connectivity index is 1.26. The van der Waals surface area contributed by atoms with Crippen LogP contribution in [0.1, 0.15) is 43.2 Å². The first-order valence-electron chi connectivity index (χ1n) is 10.5. The number of para-hydroxylation sites is 1. The molecule has 0 aromatic heterocycles. The second-order valence-corrected chi connectivity index (χ2v) is 7.76. The van der Waals surface area contributed by atoms with E-state index in [9.17, 15) is 4.79 Å². The minimum Gasteiger partial charge on any atom is -0.361 e. The SMILES string of the molecule is O=C1Nc2ccccc2/C1=C\Nc1ccc(CCCCN2CCCCC2)cc1. The van der Waals surface area contributed by atoms with Crippen molar-refractivity contribution in [3.63, 3.8) is 0 Å². The van der Waals surface area contributed by atoms with E-state index in [0.29, 0.717) is 5.57 Å². The van der Waals surface area contributed by atoms with Gasteiger partial charge in [0.2, 0.25) is 0 Å². The second kappa shape index (κ2) is 9.07. The Morgan fingerprint density at radius 2 is 1.75 bits per heavy atom. The van der Waals surface area contributed by atoms with Crippen molar-refractivity contribution in [3.8, 4) is 0 Å². The van der Waals surface area contributed by atoms with Crippen LogP contribution < -0.4 is 10.6 Å². The van der Waals surface area contributed by atoms with E-state index in [-0.39, 0.29) is 5.91 Å². The number of carbonyl (C=O) groups is 1. The van der Waals surface area contributed by atoms with E-state index in [1.807, 2.05) is 24.3 Å². The highest BCUT2D eigenvalue weighted by Gasteiger charge is 2.23. The van der Waals surface area contributed by atoms with Gasteiger partial charge < -0.3 is 15.5 Å². The molecule has 0 radical (unpaired) electrons. The zero-order chi connectivity index (χ0) is 19.2. The number of nitrogens with one attached hydrogen (secondary N) is 2. The topological polar surface area (TPSA) is 44.4 Å². The number of hydrogen-bond donors (Lipinski definition) is 2. The van der Waals surface area contributed by atoms with Gasteiger partial charge in [-0.2, -0.15) is 0 Å². The lowest BCUT2D eigenvalue weighted by Crippen LogP contribution is -2.30. The molecule has 28 heavy (non-hydrogen) atoms. The van der Waals surface area contributed by atoms with E-state index in [1.165, 1.54) is 57.3 Å². The van der Waals surface area contributed by atoms with Crippen LogP contribution in [0.25, 0.3) is 5.57 Å². The lowest BCUT2D eigenvalue weighted by molar-refractivity contribution is -0.110. The highest BCUT2D eigenvalue weighted by molar-refractivity contribution is 6.31. The fraction of sp³-hybridized carbons (Fsp3) is 0.375. The minimum atomic E-state index is -0.0565. The predicted molar refractivity (Wildman–Crippen MR) is 116 cm³/mol. The minimum absolute atomic E-state index is 0.0565. The monoisotopic (exact) mass is 375 g/mol. The molecule has 2 aliphatic heterocycles. The number of carbonyl (C=O) groups excluding carboxylic acids is 1. The van der Waals surface area contributed by atoms with E-state index < -0.39 is 0 Å². The van der Waals surface area contributed by atoms with Crippen molar-refractivity contribution in [2.75, 3.05) is 30.3 Å². The van der Waals surface area contributed by atoms with Gasteiger partial charge in [-0.05, 0) is 75.5 Å². The quantitative estimate of drug-likeness (QED) is 0.534. The molecule has 2 N–H and O–H groups in total. The van der Waals surface area contributed by atoms with Crippen molar-refractivity contribution >= 4 is 22.9 Å². The molecule has 0 atom stereocenters. The van der Waals surface area contributed by atoms with E-state index in [4.69, 9.17) is 0 Å². The largest absolute Gasteiger partial charge is 0.361 e. The molecule has 0 aliphatic carbocycles. The van der Waals surface area contributed by atoms with Crippen molar-refractivity contribution in [2.24, 2.45) is 0 Å². The fourth-order valence-electron chi connectivity index (χ4n) is 4.05. The number of amides is 1. The molecule has 1 fully saturated rings. The number of aryl methyl sites for hydroxylation is 1. The van der Waals surface area contributed by atoms with Crippen LogP contribution in [0, 0.1) is 0 Å². The molecule has 0 spiro atoms. The number of nitrogens with zero attached hydrogens (tertiary/aromatic N) is 1. The first-order valence-corrected chi connectivity index (χ1v) is 10.5. The molecule has 2 heterocycles. The third kappa shape index (κ3) is 4.63. The van der Waals surface area contributed by atoms with Crippen LogP contribution in [0.4, 0.5) is 11.4 Å². The van der Waals surface area contributed by atoms with Gasteiger partial charge in [0.15, 0.2) is 0 Å². The molecular formula is C24H29N3O. The van der Waals surface area contributed by atoms with Crippen molar-refractivity contribution in [1.82, 2.24) is 4.90 Å². The molecule has 1 saturated heterocycles. The average Bonchev–Trinajstić information content (AvgIpc) is 3.06. The number of unbranched alkanes of at least 4 members (excludes halogenated alkanes) is 1. The number of fused-ring (bicyclic) bond motifs is 1. The van der Waals surface area contributed by atoms with Gasteiger partial charge in [-0.15, -0.1) is 0 Å². The standard InChI is InChI=1S/C24H29N3O/c28-24-22(21-9-2-3-10-23(21)26-24)18-25-20-13-11-19(12-14-20)8-4-7-17-27-15-5-1-6-16-27/h2-3,9-14,18,25H,1,4-8,15-17H2,(H,26,28)/b22-18+. The fourth-order valence-corrected chi connectivity index (χ4v) is 4.05. The molecule has 0 bridgehead atoms. The van der Waals surface area contributed by atoms with Gasteiger partial charge in [0.25, 0.3) is 5.91 Å². The zero-order valence-electron chi connectivity index (χ0n) is 16.4.